The Morgan fingerprint density at radius 1 is 1.46 bits per heavy atom. The molecule has 0 spiro atoms. The van der Waals surface area contributed by atoms with Crippen LogP contribution in [0.5, 0.6) is 0 Å². The minimum absolute atomic E-state index is 0.0167. The van der Waals surface area contributed by atoms with Gasteiger partial charge in [-0.15, -0.1) is 0 Å². The highest BCUT2D eigenvalue weighted by atomic mass is 16.2. The molecule has 1 fully saturated rings. The predicted octanol–water partition coefficient (Wildman–Crippen LogP) is 2.17. The monoisotopic (exact) mass is 328 g/mol. The van der Waals surface area contributed by atoms with E-state index in [1.165, 1.54) is 0 Å². The highest BCUT2D eigenvalue weighted by Gasteiger charge is 2.25. The van der Waals surface area contributed by atoms with Crippen molar-refractivity contribution < 1.29 is 4.79 Å². The van der Waals surface area contributed by atoms with Crippen molar-refractivity contribution in [3.05, 3.63) is 42.2 Å². The molecule has 7 heteroatoms. The van der Waals surface area contributed by atoms with E-state index in [2.05, 4.69) is 27.3 Å². The van der Waals surface area contributed by atoms with Gasteiger partial charge >= 0.3 is 6.03 Å². The number of likely N-dealkylation sites (tertiary alicyclic amines) is 1. The van der Waals surface area contributed by atoms with Crippen LogP contribution in [0.3, 0.4) is 0 Å². The number of carbonyl (C=O) groups excluding carboxylic acids is 1. The van der Waals surface area contributed by atoms with Gasteiger partial charge in [-0.3, -0.25) is 4.68 Å². The summed E-state index contributed by atoms with van der Waals surface area (Å²) in [6.07, 6.45) is 10.2. The van der Waals surface area contributed by atoms with Gasteiger partial charge in [0.15, 0.2) is 0 Å². The van der Waals surface area contributed by atoms with Crippen LogP contribution in [0.1, 0.15) is 43.4 Å². The summed E-state index contributed by atoms with van der Waals surface area (Å²) in [7, 11) is 0. The number of aromatic nitrogens is 4. The Morgan fingerprint density at radius 2 is 2.38 bits per heavy atom. The van der Waals surface area contributed by atoms with Gasteiger partial charge in [-0.25, -0.2) is 14.8 Å². The molecular weight excluding hydrogens is 304 g/mol. The lowest BCUT2D eigenvalue weighted by Gasteiger charge is -2.32. The Hall–Kier alpha value is -2.44. The molecule has 2 aromatic heterocycles. The van der Waals surface area contributed by atoms with Crippen LogP contribution in [0.15, 0.2) is 31.0 Å². The quantitative estimate of drug-likeness (QED) is 0.912. The molecule has 1 N–H and O–H groups in total. The Morgan fingerprint density at radius 3 is 3.17 bits per heavy atom. The highest BCUT2D eigenvalue weighted by Crippen LogP contribution is 2.24. The number of hydrogen-bond acceptors (Lipinski definition) is 4. The fraction of sp³-hybridized carbons (Fsp3) is 0.529. The molecule has 24 heavy (non-hydrogen) atoms. The summed E-state index contributed by atoms with van der Waals surface area (Å²) >= 11 is 0. The van der Waals surface area contributed by atoms with Crippen LogP contribution in [0.25, 0.3) is 0 Å². The van der Waals surface area contributed by atoms with Crippen LogP contribution >= 0.6 is 0 Å². The molecule has 3 rings (SSSR count). The minimum atomic E-state index is -0.0167. The summed E-state index contributed by atoms with van der Waals surface area (Å²) in [4.78, 5) is 22.6. The zero-order chi connectivity index (χ0) is 16.8. The topological polar surface area (TPSA) is 75.9 Å². The second-order valence-corrected chi connectivity index (χ2v) is 6.19. The molecule has 1 aliphatic rings. The number of nitrogens with zero attached hydrogens (tertiary/aromatic N) is 5. The molecule has 1 aliphatic heterocycles. The van der Waals surface area contributed by atoms with Crippen molar-refractivity contribution in [2.24, 2.45) is 0 Å². The molecule has 0 bridgehead atoms. The zero-order valence-corrected chi connectivity index (χ0v) is 14.1. The first-order chi connectivity index (χ1) is 11.8. The van der Waals surface area contributed by atoms with Crippen LogP contribution in [0.2, 0.25) is 0 Å². The van der Waals surface area contributed by atoms with Crippen molar-refractivity contribution in [3.8, 4) is 0 Å². The first kappa shape index (κ1) is 16.4. The van der Waals surface area contributed by atoms with Crippen LogP contribution in [-0.2, 0) is 13.1 Å². The smallest absolute Gasteiger partial charge is 0.317 e. The van der Waals surface area contributed by atoms with Crippen LogP contribution in [-0.4, -0.2) is 43.8 Å². The lowest BCUT2D eigenvalue weighted by Crippen LogP contribution is -2.44. The standard InChI is InChI=1S/C17H24N6O/c1-2-7-23-11-14(10-21-23)9-19-17(24)22-8-3-4-15(12-22)16-5-6-18-13-20-16/h5-6,10-11,13,15H,2-4,7-9,12H2,1H3,(H,19,24)/t15-/m0/s1. The minimum Gasteiger partial charge on any atom is -0.334 e. The summed E-state index contributed by atoms with van der Waals surface area (Å²) in [6.45, 7) is 5.03. The van der Waals surface area contributed by atoms with Gasteiger partial charge in [-0.2, -0.15) is 5.10 Å². The average molecular weight is 328 g/mol. The van der Waals surface area contributed by atoms with E-state index >= 15 is 0 Å². The summed E-state index contributed by atoms with van der Waals surface area (Å²) in [5.41, 5.74) is 2.05. The second-order valence-electron chi connectivity index (χ2n) is 6.19. The Bertz CT molecular complexity index is 656. The molecule has 0 aliphatic carbocycles. The first-order valence-electron chi connectivity index (χ1n) is 8.56. The first-order valence-corrected chi connectivity index (χ1v) is 8.56. The predicted molar refractivity (Wildman–Crippen MR) is 90.3 cm³/mol. The lowest BCUT2D eigenvalue weighted by atomic mass is 9.95. The van der Waals surface area contributed by atoms with E-state index < -0.39 is 0 Å². The molecule has 2 amide bonds. The average Bonchev–Trinajstić information content (AvgIpc) is 3.08. The summed E-state index contributed by atoms with van der Waals surface area (Å²) < 4.78 is 1.91. The number of piperidine rings is 1. The lowest BCUT2D eigenvalue weighted by molar-refractivity contribution is 0.178. The third kappa shape index (κ3) is 4.10. The molecule has 1 atom stereocenters. The fourth-order valence-corrected chi connectivity index (χ4v) is 3.08. The summed E-state index contributed by atoms with van der Waals surface area (Å²) in [6, 6.07) is 1.92. The third-order valence-corrected chi connectivity index (χ3v) is 4.31. The largest absolute Gasteiger partial charge is 0.334 e. The van der Waals surface area contributed by atoms with Gasteiger partial charge in [-0.05, 0) is 25.3 Å². The van der Waals surface area contributed by atoms with E-state index in [1.54, 1.807) is 12.5 Å². The zero-order valence-electron chi connectivity index (χ0n) is 14.1. The van der Waals surface area contributed by atoms with E-state index in [0.717, 1.165) is 43.6 Å². The number of amides is 2. The molecule has 128 valence electrons. The number of nitrogens with one attached hydrogen (secondary N) is 1. The number of urea groups is 1. The number of rotatable bonds is 5. The van der Waals surface area contributed by atoms with Crippen LogP contribution in [0.4, 0.5) is 4.79 Å². The van der Waals surface area contributed by atoms with Gasteiger partial charge in [0.05, 0.1) is 6.20 Å². The van der Waals surface area contributed by atoms with Crippen molar-refractivity contribution >= 4 is 6.03 Å². The summed E-state index contributed by atoms with van der Waals surface area (Å²) in [5.74, 6) is 0.291. The number of aryl methyl sites for hydroxylation is 1. The van der Waals surface area contributed by atoms with Crippen molar-refractivity contribution in [3.63, 3.8) is 0 Å². The Labute approximate surface area is 142 Å². The Kier molecular flexibility index (Phi) is 5.40. The number of hydrogen-bond donors (Lipinski definition) is 1. The van der Waals surface area contributed by atoms with Gasteiger partial charge in [0.25, 0.3) is 0 Å². The van der Waals surface area contributed by atoms with Crippen LogP contribution < -0.4 is 5.32 Å². The molecule has 0 saturated carbocycles. The van der Waals surface area contributed by atoms with Crippen molar-refractivity contribution in [2.45, 2.75) is 45.2 Å². The van der Waals surface area contributed by atoms with Crippen LogP contribution in [0, 0.1) is 0 Å². The molecule has 0 aromatic carbocycles. The van der Waals surface area contributed by atoms with E-state index in [4.69, 9.17) is 0 Å². The molecular formula is C17H24N6O. The molecule has 2 aromatic rings. The fourth-order valence-electron chi connectivity index (χ4n) is 3.08. The van der Waals surface area contributed by atoms with E-state index in [9.17, 15) is 4.79 Å². The van der Waals surface area contributed by atoms with Gasteiger partial charge in [0, 0.05) is 55.7 Å². The van der Waals surface area contributed by atoms with Crippen molar-refractivity contribution in [1.82, 2.24) is 30.0 Å². The van der Waals surface area contributed by atoms with E-state index in [-0.39, 0.29) is 6.03 Å². The normalized spacial score (nSPS) is 17.7. The van der Waals surface area contributed by atoms with E-state index in [1.807, 2.05) is 28.0 Å². The van der Waals surface area contributed by atoms with Crippen molar-refractivity contribution in [2.75, 3.05) is 13.1 Å². The highest BCUT2D eigenvalue weighted by molar-refractivity contribution is 5.74. The van der Waals surface area contributed by atoms with E-state index in [0.29, 0.717) is 19.0 Å². The number of carbonyl (C=O) groups is 1. The van der Waals surface area contributed by atoms with Gasteiger partial charge in [-0.1, -0.05) is 6.92 Å². The molecule has 7 nitrogen and oxygen atoms in total. The molecule has 0 radical (unpaired) electrons. The molecule has 3 heterocycles. The van der Waals surface area contributed by atoms with Crippen molar-refractivity contribution in [1.29, 1.82) is 0 Å². The SMILES string of the molecule is CCCn1cc(CNC(=O)N2CCC[C@H](c3ccncn3)C2)cn1. The maximum absolute atomic E-state index is 12.4. The molecule has 1 saturated heterocycles. The molecule has 0 unspecified atom stereocenters. The second kappa shape index (κ2) is 7.90. The van der Waals surface area contributed by atoms with Gasteiger partial charge in [0.1, 0.15) is 6.33 Å². The summed E-state index contributed by atoms with van der Waals surface area (Å²) in [5, 5.41) is 7.28. The third-order valence-electron chi connectivity index (χ3n) is 4.31. The Balaban J connectivity index is 1.52. The maximum Gasteiger partial charge on any atom is 0.317 e. The van der Waals surface area contributed by atoms with Gasteiger partial charge < -0.3 is 10.2 Å². The van der Waals surface area contributed by atoms with Gasteiger partial charge in [0.2, 0.25) is 0 Å². The maximum atomic E-state index is 12.4.